The fourth-order valence-corrected chi connectivity index (χ4v) is 3.02. The second kappa shape index (κ2) is 4.85. The highest BCUT2D eigenvalue weighted by Gasteiger charge is 2.31. The summed E-state index contributed by atoms with van der Waals surface area (Å²) in [4.78, 5) is 12.2. The molecule has 1 aliphatic rings. The van der Waals surface area contributed by atoms with E-state index in [1.807, 2.05) is 13.8 Å². The van der Waals surface area contributed by atoms with E-state index in [2.05, 4.69) is 10.6 Å². The van der Waals surface area contributed by atoms with E-state index in [0.717, 1.165) is 12.7 Å². The van der Waals surface area contributed by atoms with Crippen molar-refractivity contribution in [3.05, 3.63) is 18.2 Å². The van der Waals surface area contributed by atoms with Gasteiger partial charge in [-0.1, -0.05) is 26.3 Å². The van der Waals surface area contributed by atoms with E-state index in [1.165, 1.54) is 6.07 Å². The molecule has 104 valence electrons. The van der Waals surface area contributed by atoms with Gasteiger partial charge in [0, 0.05) is 6.26 Å². The van der Waals surface area contributed by atoms with Crippen LogP contribution in [0.15, 0.2) is 23.1 Å². The van der Waals surface area contributed by atoms with E-state index in [0.29, 0.717) is 11.4 Å². The summed E-state index contributed by atoms with van der Waals surface area (Å²) < 4.78 is 23.4. The van der Waals surface area contributed by atoms with Crippen molar-refractivity contribution in [3.63, 3.8) is 0 Å². The van der Waals surface area contributed by atoms with E-state index < -0.39 is 9.84 Å². The summed E-state index contributed by atoms with van der Waals surface area (Å²) in [5.41, 5.74) is 1.02. The third-order valence-electron chi connectivity index (χ3n) is 3.48. The van der Waals surface area contributed by atoms with Crippen molar-refractivity contribution in [1.82, 2.24) is 0 Å². The maximum atomic E-state index is 12.1. The Labute approximate surface area is 113 Å². The number of anilines is 2. The lowest BCUT2D eigenvalue weighted by Gasteiger charge is -2.31. The Kier molecular flexibility index (Phi) is 3.54. The summed E-state index contributed by atoms with van der Waals surface area (Å²) in [5.74, 6) is -0.00649. The average Bonchev–Trinajstić information content (AvgIpc) is 2.35. The summed E-state index contributed by atoms with van der Waals surface area (Å²) in [6, 6.07) is 4.62. The van der Waals surface area contributed by atoms with Crippen LogP contribution in [0, 0.1) is 5.92 Å². The molecule has 0 spiro atoms. The van der Waals surface area contributed by atoms with Gasteiger partial charge in [0.05, 0.1) is 16.3 Å². The second-order valence-electron chi connectivity index (χ2n) is 4.95. The monoisotopic (exact) mass is 282 g/mol. The van der Waals surface area contributed by atoms with Gasteiger partial charge in [-0.2, -0.15) is 0 Å². The van der Waals surface area contributed by atoms with E-state index >= 15 is 0 Å². The minimum absolute atomic E-state index is 0.147. The molecule has 19 heavy (non-hydrogen) atoms. The number of sulfone groups is 1. The molecule has 2 unspecified atom stereocenters. The zero-order chi connectivity index (χ0) is 14.2. The second-order valence-corrected chi connectivity index (χ2v) is 6.93. The molecule has 0 bridgehead atoms. The molecule has 0 radical (unpaired) electrons. The standard InChI is InChI=1S/C13H18N2O3S/c1-4-8(2)11-13(16)15-12-9(14-11)6-5-7-10(12)19(3,17)18/h5-8,11,14H,4H2,1-3H3,(H,15,16). The van der Waals surface area contributed by atoms with Crippen molar-refractivity contribution in [2.45, 2.75) is 31.2 Å². The molecule has 1 amide bonds. The first-order valence-electron chi connectivity index (χ1n) is 6.25. The van der Waals surface area contributed by atoms with Crippen molar-refractivity contribution >= 4 is 27.1 Å². The molecule has 5 nitrogen and oxygen atoms in total. The predicted octanol–water partition coefficient (Wildman–Crippen LogP) is 1.87. The number of hydrogen-bond acceptors (Lipinski definition) is 4. The number of fused-ring (bicyclic) bond motifs is 1. The van der Waals surface area contributed by atoms with Gasteiger partial charge < -0.3 is 10.6 Å². The molecule has 2 N–H and O–H groups in total. The third-order valence-corrected chi connectivity index (χ3v) is 4.62. The summed E-state index contributed by atoms with van der Waals surface area (Å²) in [6.07, 6.45) is 2.00. The van der Waals surface area contributed by atoms with Crippen LogP contribution in [0.25, 0.3) is 0 Å². The number of carbonyl (C=O) groups excluding carboxylic acids is 1. The van der Waals surface area contributed by atoms with Gasteiger partial charge in [-0.15, -0.1) is 0 Å². The molecule has 2 rings (SSSR count). The average molecular weight is 282 g/mol. The van der Waals surface area contributed by atoms with Crippen molar-refractivity contribution < 1.29 is 13.2 Å². The lowest BCUT2D eigenvalue weighted by molar-refractivity contribution is -0.118. The highest BCUT2D eigenvalue weighted by atomic mass is 32.2. The molecule has 0 aliphatic carbocycles. The van der Waals surface area contributed by atoms with E-state index in [1.54, 1.807) is 12.1 Å². The highest BCUT2D eigenvalue weighted by molar-refractivity contribution is 7.90. The van der Waals surface area contributed by atoms with E-state index in [4.69, 9.17) is 0 Å². The number of hydrogen-bond donors (Lipinski definition) is 2. The normalized spacial score (nSPS) is 20.2. The first-order valence-corrected chi connectivity index (χ1v) is 8.14. The number of rotatable bonds is 3. The van der Waals surface area contributed by atoms with Crippen LogP contribution in [0.4, 0.5) is 11.4 Å². The topological polar surface area (TPSA) is 75.3 Å². The predicted molar refractivity (Wildman–Crippen MR) is 75.0 cm³/mol. The molecule has 1 aromatic rings. The van der Waals surface area contributed by atoms with Crippen LogP contribution >= 0.6 is 0 Å². The Morgan fingerprint density at radius 3 is 2.63 bits per heavy atom. The van der Waals surface area contributed by atoms with Gasteiger partial charge in [0.2, 0.25) is 5.91 Å². The Bertz CT molecular complexity index is 610. The lowest BCUT2D eigenvalue weighted by atomic mass is 9.96. The molecule has 1 aromatic carbocycles. The number of nitrogens with one attached hydrogen (secondary N) is 2. The fraction of sp³-hybridized carbons (Fsp3) is 0.462. The molecular weight excluding hydrogens is 264 g/mol. The van der Waals surface area contributed by atoms with Gasteiger partial charge in [-0.3, -0.25) is 4.79 Å². The van der Waals surface area contributed by atoms with Crippen molar-refractivity contribution in [2.75, 3.05) is 16.9 Å². The SMILES string of the molecule is CCC(C)C1Nc2cccc(S(C)(=O)=O)c2NC1=O. The molecule has 1 aliphatic heterocycles. The number of amides is 1. The minimum Gasteiger partial charge on any atom is -0.372 e. The molecular formula is C13H18N2O3S. The summed E-state index contributed by atoms with van der Waals surface area (Å²) in [7, 11) is -3.37. The van der Waals surface area contributed by atoms with Crippen LogP contribution in [0.3, 0.4) is 0 Å². The summed E-state index contributed by atoms with van der Waals surface area (Å²) >= 11 is 0. The van der Waals surface area contributed by atoms with Crippen LogP contribution in [-0.4, -0.2) is 26.6 Å². The molecule has 0 saturated carbocycles. The third kappa shape index (κ3) is 2.58. The Morgan fingerprint density at radius 2 is 2.05 bits per heavy atom. The van der Waals surface area contributed by atoms with Crippen molar-refractivity contribution in [1.29, 1.82) is 0 Å². The molecule has 0 saturated heterocycles. The first-order chi connectivity index (χ1) is 8.84. The van der Waals surface area contributed by atoms with E-state index in [-0.39, 0.29) is 22.8 Å². The van der Waals surface area contributed by atoms with Crippen LogP contribution in [-0.2, 0) is 14.6 Å². The van der Waals surface area contributed by atoms with Crippen LogP contribution in [0.1, 0.15) is 20.3 Å². The van der Waals surface area contributed by atoms with Gasteiger partial charge in [0.15, 0.2) is 9.84 Å². The zero-order valence-corrected chi connectivity index (χ0v) is 12.0. The van der Waals surface area contributed by atoms with Crippen molar-refractivity contribution in [2.24, 2.45) is 5.92 Å². The summed E-state index contributed by atoms with van der Waals surface area (Å²) in [6.45, 7) is 4.00. The van der Waals surface area contributed by atoms with Crippen LogP contribution < -0.4 is 10.6 Å². The highest BCUT2D eigenvalue weighted by Crippen LogP contribution is 2.34. The Hall–Kier alpha value is -1.56. The van der Waals surface area contributed by atoms with E-state index in [9.17, 15) is 13.2 Å². The van der Waals surface area contributed by atoms with Gasteiger partial charge >= 0.3 is 0 Å². The zero-order valence-electron chi connectivity index (χ0n) is 11.2. The Balaban J connectivity index is 2.47. The largest absolute Gasteiger partial charge is 0.372 e. The van der Waals surface area contributed by atoms with Gasteiger partial charge in [0.25, 0.3) is 0 Å². The lowest BCUT2D eigenvalue weighted by Crippen LogP contribution is -2.43. The smallest absolute Gasteiger partial charge is 0.247 e. The molecule has 1 heterocycles. The number of carbonyl (C=O) groups is 1. The van der Waals surface area contributed by atoms with Gasteiger partial charge in [0.1, 0.15) is 6.04 Å². The molecule has 0 aromatic heterocycles. The molecule has 2 atom stereocenters. The Morgan fingerprint density at radius 1 is 1.37 bits per heavy atom. The first kappa shape index (κ1) is 13.9. The molecule has 6 heteroatoms. The van der Waals surface area contributed by atoms with Crippen LogP contribution in [0.5, 0.6) is 0 Å². The minimum atomic E-state index is -3.37. The quantitative estimate of drug-likeness (QED) is 0.887. The molecule has 0 fully saturated rings. The van der Waals surface area contributed by atoms with Gasteiger partial charge in [-0.25, -0.2) is 8.42 Å². The summed E-state index contributed by atoms with van der Waals surface area (Å²) in [5, 5.41) is 5.85. The van der Waals surface area contributed by atoms with Crippen LogP contribution in [0.2, 0.25) is 0 Å². The number of para-hydroxylation sites is 1. The number of benzene rings is 1. The maximum Gasteiger partial charge on any atom is 0.247 e. The fourth-order valence-electron chi connectivity index (χ4n) is 2.16. The maximum absolute atomic E-state index is 12.1. The van der Waals surface area contributed by atoms with Gasteiger partial charge in [-0.05, 0) is 18.1 Å². The van der Waals surface area contributed by atoms with Crippen molar-refractivity contribution in [3.8, 4) is 0 Å².